The summed E-state index contributed by atoms with van der Waals surface area (Å²) in [6.45, 7) is 5.83. The first-order valence-electron chi connectivity index (χ1n) is 10.4. The highest BCUT2D eigenvalue weighted by Crippen LogP contribution is 2.18. The quantitative estimate of drug-likeness (QED) is 0.529. The Morgan fingerprint density at radius 1 is 0.844 bits per heavy atom. The van der Waals surface area contributed by atoms with Gasteiger partial charge in [0.25, 0.3) is 5.91 Å². The average Bonchev–Trinajstić information content (AvgIpc) is 3.14. The highest BCUT2D eigenvalue weighted by atomic mass is 16.5. The molecule has 1 amide bonds. The average molecular weight is 434 g/mol. The molecule has 0 bridgehead atoms. The number of carbonyl (C=O) groups is 3. The molecule has 0 aliphatic carbocycles. The molecular formula is C25H26N2O5. The van der Waals surface area contributed by atoms with Gasteiger partial charge in [-0.1, -0.05) is 13.0 Å². The van der Waals surface area contributed by atoms with Gasteiger partial charge in [-0.3, -0.25) is 4.79 Å². The molecule has 166 valence electrons. The van der Waals surface area contributed by atoms with Crippen molar-refractivity contribution in [3.05, 3.63) is 83.2 Å². The molecule has 3 rings (SSSR count). The number of amides is 1. The predicted molar refractivity (Wildman–Crippen MR) is 121 cm³/mol. The fraction of sp³-hybridized carbons (Fsp3) is 0.240. The van der Waals surface area contributed by atoms with Crippen molar-refractivity contribution in [3.63, 3.8) is 0 Å². The zero-order chi connectivity index (χ0) is 23.1. The van der Waals surface area contributed by atoms with Gasteiger partial charge in [0.1, 0.15) is 0 Å². The lowest BCUT2D eigenvalue weighted by Crippen LogP contribution is -2.21. The maximum absolute atomic E-state index is 12.4. The number of esters is 2. The number of aromatic nitrogens is 1. The van der Waals surface area contributed by atoms with Crippen molar-refractivity contribution in [2.45, 2.75) is 27.2 Å². The Labute approximate surface area is 187 Å². The van der Waals surface area contributed by atoms with Crippen LogP contribution in [0.5, 0.6) is 0 Å². The minimum absolute atomic E-state index is 0.357. The molecule has 32 heavy (non-hydrogen) atoms. The van der Waals surface area contributed by atoms with E-state index in [2.05, 4.69) is 5.32 Å². The van der Waals surface area contributed by atoms with E-state index in [1.165, 1.54) is 0 Å². The van der Waals surface area contributed by atoms with E-state index in [0.717, 1.165) is 23.5 Å². The minimum Gasteiger partial charge on any atom is -0.462 e. The fourth-order valence-corrected chi connectivity index (χ4v) is 3.23. The second-order valence-electron chi connectivity index (χ2n) is 7.34. The Bertz CT molecular complexity index is 1100. The van der Waals surface area contributed by atoms with Crippen LogP contribution in [-0.2, 0) is 14.3 Å². The van der Waals surface area contributed by atoms with Gasteiger partial charge in [-0.15, -0.1) is 0 Å². The first-order valence-corrected chi connectivity index (χ1v) is 10.4. The summed E-state index contributed by atoms with van der Waals surface area (Å²) in [5.74, 6) is -1.47. The van der Waals surface area contributed by atoms with Crippen LogP contribution < -0.4 is 5.32 Å². The summed E-state index contributed by atoms with van der Waals surface area (Å²) in [5.41, 5.74) is 4.20. The van der Waals surface area contributed by atoms with E-state index in [0.29, 0.717) is 23.4 Å². The third kappa shape index (κ3) is 5.63. The highest BCUT2D eigenvalue weighted by molar-refractivity contribution is 5.96. The molecule has 1 N–H and O–H groups in total. The van der Waals surface area contributed by atoms with Crippen molar-refractivity contribution in [1.82, 2.24) is 4.57 Å². The first-order chi connectivity index (χ1) is 15.4. The van der Waals surface area contributed by atoms with Crippen LogP contribution >= 0.6 is 0 Å². The molecule has 7 nitrogen and oxygen atoms in total. The van der Waals surface area contributed by atoms with Gasteiger partial charge in [0.05, 0.1) is 17.7 Å². The molecule has 2 aromatic carbocycles. The first kappa shape index (κ1) is 22.8. The Balaban J connectivity index is 1.56. The Kier molecular flexibility index (Phi) is 7.44. The molecule has 0 radical (unpaired) electrons. The van der Waals surface area contributed by atoms with Gasteiger partial charge in [-0.25, -0.2) is 9.59 Å². The van der Waals surface area contributed by atoms with Gasteiger partial charge >= 0.3 is 11.9 Å². The van der Waals surface area contributed by atoms with E-state index >= 15 is 0 Å². The molecule has 0 saturated carbocycles. The zero-order valence-electron chi connectivity index (χ0n) is 18.4. The third-order valence-corrected chi connectivity index (χ3v) is 4.79. The van der Waals surface area contributed by atoms with E-state index in [1.54, 1.807) is 42.5 Å². The summed E-state index contributed by atoms with van der Waals surface area (Å²) in [4.78, 5) is 36.4. The van der Waals surface area contributed by atoms with Crippen molar-refractivity contribution < 1.29 is 23.9 Å². The van der Waals surface area contributed by atoms with Crippen LogP contribution in [-0.4, -0.2) is 35.6 Å². The third-order valence-electron chi connectivity index (χ3n) is 4.79. The lowest BCUT2D eigenvalue weighted by molar-refractivity contribution is -0.119. The maximum atomic E-state index is 12.4. The number of nitrogens with zero attached hydrogens (tertiary/aromatic N) is 1. The van der Waals surface area contributed by atoms with Crippen LogP contribution in [0.25, 0.3) is 5.69 Å². The molecule has 0 unspecified atom stereocenters. The van der Waals surface area contributed by atoms with Crippen LogP contribution in [0.4, 0.5) is 5.69 Å². The van der Waals surface area contributed by atoms with Crippen molar-refractivity contribution >= 4 is 23.5 Å². The Morgan fingerprint density at radius 2 is 1.50 bits per heavy atom. The molecule has 0 atom stereocenters. The van der Waals surface area contributed by atoms with Crippen molar-refractivity contribution in [3.8, 4) is 5.69 Å². The van der Waals surface area contributed by atoms with Crippen molar-refractivity contribution in [2.75, 3.05) is 18.5 Å². The number of aryl methyl sites for hydroxylation is 2. The summed E-state index contributed by atoms with van der Waals surface area (Å²) >= 11 is 0. The molecular weight excluding hydrogens is 408 g/mol. The lowest BCUT2D eigenvalue weighted by Gasteiger charge is -2.11. The number of rotatable bonds is 8. The molecule has 7 heteroatoms. The predicted octanol–water partition coefficient (Wildman–Crippen LogP) is 4.46. The molecule has 0 aliphatic heterocycles. The second-order valence-corrected chi connectivity index (χ2v) is 7.34. The number of anilines is 1. The molecule has 3 aromatic rings. The van der Waals surface area contributed by atoms with Gasteiger partial charge < -0.3 is 19.4 Å². The van der Waals surface area contributed by atoms with Gasteiger partial charge in [-0.05, 0) is 74.9 Å². The number of nitrogens with one attached hydrogen (secondary N) is 1. The van der Waals surface area contributed by atoms with Crippen LogP contribution in [0, 0.1) is 13.8 Å². The van der Waals surface area contributed by atoms with Crippen molar-refractivity contribution in [2.24, 2.45) is 0 Å². The molecule has 1 heterocycles. The van der Waals surface area contributed by atoms with Crippen molar-refractivity contribution in [1.29, 1.82) is 0 Å². The standard InChI is InChI=1S/C25H26N2O5/c1-4-14-31-24(29)19-10-12-21(13-11-19)26-23(28)16-32-25(30)20-6-5-7-22(15-20)27-17(2)8-9-18(27)3/h5-13,15H,4,14,16H2,1-3H3,(H,26,28). The number of hydrogen-bond acceptors (Lipinski definition) is 5. The SMILES string of the molecule is CCCOC(=O)c1ccc(NC(=O)COC(=O)c2cccc(-n3c(C)ccc3C)c2)cc1. The normalized spacial score (nSPS) is 10.5. The second kappa shape index (κ2) is 10.4. The number of hydrogen-bond donors (Lipinski definition) is 1. The van der Waals surface area contributed by atoms with E-state index in [9.17, 15) is 14.4 Å². The Morgan fingerprint density at radius 3 is 2.16 bits per heavy atom. The van der Waals surface area contributed by atoms with Gasteiger partial charge in [-0.2, -0.15) is 0 Å². The van der Waals surface area contributed by atoms with E-state index in [-0.39, 0.29) is 0 Å². The zero-order valence-corrected chi connectivity index (χ0v) is 18.4. The largest absolute Gasteiger partial charge is 0.462 e. The van der Waals surface area contributed by atoms with Crippen LogP contribution in [0.2, 0.25) is 0 Å². The monoisotopic (exact) mass is 434 g/mol. The lowest BCUT2D eigenvalue weighted by atomic mass is 10.2. The van der Waals surface area contributed by atoms with Crippen LogP contribution in [0.1, 0.15) is 45.4 Å². The molecule has 1 aromatic heterocycles. The smallest absolute Gasteiger partial charge is 0.338 e. The molecule has 0 saturated heterocycles. The molecule has 0 fully saturated rings. The van der Waals surface area contributed by atoms with E-state index in [1.807, 2.05) is 43.5 Å². The van der Waals surface area contributed by atoms with Crippen LogP contribution in [0.3, 0.4) is 0 Å². The van der Waals surface area contributed by atoms with Gasteiger partial charge in [0.2, 0.25) is 0 Å². The van der Waals surface area contributed by atoms with Gasteiger partial charge in [0, 0.05) is 22.8 Å². The Hall–Kier alpha value is -3.87. The molecule has 0 aliphatic rings. The number of benzene rings is 2. The summed E-state index contributed by atoms with van der Waals surface area (Å²) in [6, 6.07) is 17.4. The maximum Gasteiger partial charge on any atom is 0.338 e. The molecule has 0 spiro atoms. The number of carbonyl (C=O) groups excluding carboxylic acids is 3. The fourth-order valence-electron chi connectivity index (χ4n) is 3.23. The van der Waals surface area contributed by atoms with E-state index < -0.39 is 24.5 Å². The highest BCUT2D eigenvalue weighted by Gasteiger charge is 2.13. The van der Waals surface area contributed by atoms with Crippen LogP contribution in [0.15, 0.2) is 60.7 Å². The van der Waals surface area contributed by atoms with Gasteiger partial charge in [0.15, 0.2) is 6.61 Å². The summed E-state index contributed by atoms with van der Waals surface area (Å²) in [5, 5.41) is 2.63. The summed E-state index contributed by atoms with van der Waals surface area (Å²) < 4.78 is 12.3. The number of ether oxygens (including phenoxy) is 2. The minimum atomic E-state index is -0.585. The van der Waals surface area contributed by atoms with E-state index in [4.69, 9.17) is 9.47 Å². The summed E-state index contributed by atoms with van der Waals surface area (Å²) in [6.07, 6.45) is 0.745. The topological polar surface area (TPSA) is 86.6 Å². The summed E-state index contributed by atoms with van der Waals surface area (Å²) in [7, 11) is 0.